The number of hydrogen-bond donors (Lipinski definition) is 1. The van der Waals surface area contributed by atoms with Crippen LogP contribution in [0.1, 0.15) is 36.5 Å². The van der Waals surface area contributed by atoms with Gasteiger partial charge in [-0.05, 0) is 61.9 Å². The van der Waals surface area contributed by atoms with Crippen LogP contribution in [0.15, 0.2) is 36.4 Å². The molecular weight excluding hydrogens is 371 g/mol. The second kappa shape index (κ2) is 7.87. The molecule has 0 bridgehead atoms. The Bertz CT molecular complexity index is 806. The van der Waals surface area contributed by atoms with Crippen molar-refractivity contribution in [2.45, 2.75) is 32.4 Å². The van der Waals surface area contributed by atoms with E-state index < -0.39 is 6.09 Å². The maximum atomic E-state index is 11.7. The predicted octanol–water partition coefficient (Wildman–Crippen LogP) is 5.53. The summed E-state index contributed by atoms with van der Waals surface area (Å²) in [6, 6.07) is 11.6. The summed E-state index contributed by atoms with van der Waals surface area (Å²) in [6.45, 7) is 5.32. The second-order valence-electron chi connectivity index (χ2n) is 6.91. The molecule has 0 aromatic heterocycles. The molecule has 0 radical (unpaired) electrons. The fourth-order valence-electron chi connectivity index (χ4n) is 3.29. The molecular formula is C20H22Cl2N2O2. The van der Waals surface area contributed by atoms with E-state index in [4.69, 9.17) is 27.9 Å². The number of nitrogens with one attached hydrogen (secondary N) is 1. The second-order valence-corrected chi connectivity index (χ2v) is 7.75. The minimum atomic E-state index is -0.450. The highest BCUT2D eigenvalue weighted by Gasteiger charge is 2.27. The molecule has 0 aliphatic carbocycles. The molecule has 0 saturated heterocycles. The number of amides is 1. The summed E-state index contributed by atoms with van der Waals surface area (Å²) in [5, 5.41) is 4.09. The van der Waals surface area contributed by atoms with E-state index in [-0.39, 0.29) is 12.0 Å². The van der Waals surface area contributed by atoms with Gasteiger partial charge in [-0.15, -0.1) is 0 Å². The Balaban J connectivity index is 1.85. The molecule has 0 fully saturated rings. The predicted molar refractivity (Wildman–Crippen MR) is 106 cm³/mol. The Kier molecular flexibility index (Phi) is 5.76. The van der Waals surface area contributed by atoms with Gasteiger partial charge in [0.15, 0.2) is 0 Å². The van der Waals surface area contributed by atoms with Crippen molar-refractivity contribution in [1.82, 2.24) is 4.90 Å². The third-order valence-electron chi connectivity index (χ3n) is 4.39. The molecule has 6 heteroatoms. The Morgan fingerprint density at radius 1 is 1.23 bits per heavy atom. The van der Waals surface area contributed by atoms with Crippen LogP contribution in [-0.4, -0.2) is 30.7 Å². The van der Waals surface area contributed by atoms with Crippen LogP contribution in [0, 0.1) is 0 Å². The van der Waals surface area contributed by atoms with Gasteiger partial charge in [-0.1, -0.05) is 35.3 Å². The van der Waals surface area contributed by atoms with E-state index >= 15 is 0 Å². The SMILES string of the molecule is CC(C)OC(=O)Nc1ccc(C2CN(C)Cc3c(Cl)cc(Cl)cc32)cc1. The van der Waals surface area contributed by atoms with E-state index in [0.717, 1.165) is 24.2 Å². The van der Waals surface area contributed by atoms with Gasteiger partial charge < -0.3 is 9.64 Å². The van der Waals surface area contributed by atoms with Crippen LogP contribution in [0.25, 0.3) is 0 Å². The molecule has 2 aromatic rings. The lowest BCUT2D eigenvalue weighted by Gasteiger charge is -2.33. The fraction of sp³-hybridized carbons (Fsp3) is 0.350. The van der Waals surface area contributed by atoms with Crippen molar-refractivity contribution in [1.29, 1.82) is 0 Å². The average Bonchev–Trinajstić information content (AvgIpc) is 2.55. The monoisotopic (exact) mass is 392 g/mol. The summed E-state index contributed by atoms with van der Waals surface area (Å²) in [7, 11) is 2.08. The molecule has 1 amide bonds. The lowest BCUT2D eigenvalue weighted by molar-refractivity contribution is 0.130. The van der Waals surface area contributed by atoms with E-state index in [1.54, 1.807) is 6.07 Å². The summed E-state index contributed by atoms with van der Waals surface area (Å²) in [5.41, 5.74) is 4.14. The van der Waals surface area contributed by atoms with Crippen molar-refractivity contribution in [3.63, 3.8) is 0 Å². The van der Waals surface area contributed by atoms with Gasteiger partial charge in [0.2, 0.25) is 0 Å². The first kappa shape index (κ1) is 19.0. The topological polar surface area (TPSA) is 41.6 Å². The van der Waals surface area contributed by atoms with E-state index in [0.29, 0.717) is 15.7 Å². The number of carbonyl (C=O) groups excluding carboxylic acids is 1. The molecule has 1 atom stereocenters. The molecule has 1 aliphatic heterocycles. The summed E-state index contributed by atoms with van der Waals surface area (Å²) in [6.07, 6.45) is -0.605. The standard InChI is InChI=1S/C20H22Cl2N2O2/c1-12(2)26-20(25)23-15-6-4-13(5-7-15)17-10-24(3)11-18-16(17)8-14(21)9-19(18)22/h4-9,12,17H,10-11H2,1-3H3,(H,23,25). The first-order valence-corrected chi connectivity index (χ1v) is 9.33. The van der Waals surface area contributed by atoms with Crippen molar-refractivity contribution < 1.29 is 9.53 Å². The van der Waals surface area contributed by atoms with E-state index in [2.05, 4.69) is 17.3 Å². The van der Waals surface area contributed by atoms with Crippen LogP contribution in [0.5, 0.6) is 0 Å². The lowest BCUT2D eigenvalue weighted by Crippen LogP contribution is -2.31. The molecule has 0 spiro atoms. The number of hydrogen-bond acceptors (Lipinski definition) is 3. The number of ether oxygens (including phenoxy) is 1. The summed E-state index contributed by atoms with van der Waals surface area (Å²) >= 11 is 12.7. The largest absolute Gasteiger partial charge is 0.447 e. The van der Waals surface area contributed by atoms with Gasteiger partial charge in [0.05, 0.1) is 6.10 Å². The molecule has 1 N–H and O–H groups in total. The van der Waals surface area contributed by atoms with Crippen LogP contribution in [0.3, 0.4) is 0 Å². The Morgan fingerprint density at radius 3 is 2.58 bits per heavy atom. The van der Waals surface area contributed by atoms with Crippen LogP contribution in [-0.2, 0) is 11.3 Å². The van der Waals surface area contributed by atoms with Gasteiger partial charge in [0.25, 0.3) is 0 Å². The summed E-state index contributed by atoms with van der Waals surface area (Å²) < 4.78 is 5.10. The number of fused-ring (bicyclic) bond motifs is 1. The number of nitrogens with zero attached hydrogens (tertiary/aromatic N) is 1. The lowest BCUT2D eigenvalue weighted by atomic mass is 9.85. The third kappa shape index (κ3) is 4.32. The first-order valence-electron chi connectivity index (χ1n) is 8.57. The first-order chi connectivity index (χ1) is 12.3. The van der Waals surface area contributed by atoms with Crippen molar-refractivity contribution in [3.05, 3.63) is 63.1 Å². The minimum absolute atomic E-state index is 0.155. The highest BCUT2D eigenvalue weighted by atomic mass is 35.5. The highest BCUT2D eigenvalue weighted by Crippen LogP contribution is 2.38. The van der Waals surface area contributed by atoms with E-state index in [1.165, 1.54) is 5.56 Å². The van der Waals surface area contributed by atoms with Crippen LogP contribution >= 0.6 is 23.2 Å². The number of anilines is 1. The molecule has 138 valence electrons. The smallest absolute Gasteiger partial charge is 0.411 e. The van der Waals surface area contributed by atoms with E-state index in [1.807, 2.05) is 44.2 Å². The normalized spacial score (nSPS) is 17.1. The van der Waals surface area contributed by atoms with Gasteiger partial charge in [-0.3, -0.25) is 5.32 Å². The van der Waals surface area contributed by atoms with Crippen molar-refractivity contribution in [3.8, 4) is 0 Å². The quantitative estimate of drug-likeness (QED) is 0.746. The van der Waals surface area contributed by atoms with Crippen LogP contribution in [0.2, 0.25) is 10.0 Å². The fourth-order valence-corrected chi connectivity index (χ4v) is 3.86. The molecule has 26 heavy (non-hydrogen) atoms. The van der Waals surface area contributed by atoms with Gasteiger partial charge >= 0.3 is 6.09 Å². The van der Waals surface area contributed by atoms with Crippen molar-refractivity contribution in [2.75, 3.05) is 18.9 Å². The molecule has 0 saturated carbocycles. The van der Waals surface area contributed by atoms with Gasteiger partial charge in [0.1, 0.15) is 0 Å². The summed E-state index contributed by atoms with van der Waals surface area (Å²) in [4.78, 5) is 14.0. The molecule has 1 aliphatic rings. The molecule has 1 unspecified atom stereocenters. The number of halogens is 2. The molecule has 1 heterocycles. The van der Waals surface area contributed by atoms with Crippen LogP contribution in [0.4, 0.5) is 10.5 Å². The third-order valence-corrected chi connectivity index (χ3v) is 4.95. The zero-order valence-corrected chi connectivity index (χ0v) is 16.6. The number of rotatable bonds is 3. The van der Waals surface area contributed by atoms with Crippen molar-refractivity contribution >= 4 is 35.0 Å². The highest BCUT2D eigenvalue weighted by molar-refractivity contribution is 6.35. The zero-order valence-electron chi connectivity index (χ0n) is 15.1. The average molecular weight is 393 g/mol. The maximum absolute atomic E-state index is 11.7. The minimum Gasteiger partial charge on any atom is -0.447 e. The van der Waals surface area contributed by atoms with Crippen LogP contribution < -0.4 is 5.32 Å². The number of benzene rings is 2. The number of carbonyl (C=O) groups is 1. The Labute approximate surface area is 164 Å². The Hall–Kier alpha value is -1.75. The van der Waals surface area contributed by atoms with Crippen molar-refractivity contribution in [2.24, 2.45) is 0 Å². The zero-order chi connectivity index (χ0) is 18.8. The Morgan fingerprint density at radius 2 is 1.92 bits per heavy atom. The molecule has 2 aromatic carbocycles. The molecule has 3 rings (SSSR count). The maximum Gasteiger partial charge on any atom is 0.411 e. The van der Waals surface area contributed by atoms with Gasteiger partial charge in [-0.25, -0.2) is 4.79 Å². The van der Waals surface area contributed by atoms with Gasteiger partial charge in [0, 0.05) is 34.7 Å². The van der Waals surface area contributed by atoms with Gasteiger partial charge in [-0.2, -0.15) is 0 Å². The van der Waals surface area contributed by atoms with E-state index in [9.17, 15) is 4.79 Å². The number of likely N-dealkylation sites (N-methyl/N-ethyl adjacent to an activating group) is 1. The molecule has 4 nitrogen and oxygen atoms in total. The summed E-state index contributed by atoms with van der Waals surface area (Å²) in [5.74, 6) is 0.177.